The first-order valence-electron chi connectivity index (χ1n) is 3.74. The molecule has 0 unspecified atom stereocenters. The standard InChI is InChI=1S/C9H11F2N/c1-12(7-9(10)11)8-5-3-2-4-6-8/h2-6,9H,7H2,1H3. The van der Waals surface area contributed by atoms with Crippen LogP contribution in [0.25, 0.3) is 0 Å². The molecule has 0 aliphatic rings. The third kappa shape index (κ3) is 2.49. The number of nitrogens with zero attached hydrogens (tertiary/aromatic N) is 1. The normalized spacial score (nSPS) is 10.3. The van der Waals surface area contributed by atoms with E-state index in [1.165, 1.54) is 4.90 Å². The highest BCUT2D eigenvalue weighted by molar-refractivity contribution is 5.44. The SMILES string of the molecule is CN(CC(F)F)c1ccccc1. The summed E-state index contributed by atoms with van der Waals surface area (Å²) in [5, 5.41) is 0. The van der Waals surface area contributed by atoms with E-state index in [0.717, 1.165) is 5.69 Å². The number of anilines is 1. The number of benzene rings is 1. The van der Waals surface area contributed by atoms with Crippen molar-refractivity contribution in [2.45, 2.75) is 6.43 Å². The van der Waals surface area contributed by atoms with E-state index < -0.39 is 6.43 Å². The second kappa shape index (κ2) is 4.04. The highest BCUT2D eigenvalue weighted by Crippen LogP contribution is 2.11. The van der Waals surface area contributed by atoms with Gasteiger partial charge in [0, 0.05) is 12.7 Å². The molecule has 0 fully saturated rings. The van der Waals surface area contributed by atoms with Crippen molar-refractivity contribution in [1.29, 1.82) is 0 Å². The maximum Gasteiger partial charge on any atom is 0.255 e. The minimum absolute atomic E-state index is 0.218. The van der Waals surface area contributed by atoms with Gasteiger partial charge in [0.15, 0.2) is 0 Å². The first kappa shape index (κ1) is 8.97. The number of alkyl halides is 2. The van der Waals surface area contributed by atoms with Gasteiger partial charge in [-0.3, -0.25) is 0 Å². The van der Waals surface area contributed by atoms with Crippen LogP contribution in [0.3, 0.4) is 0 Å². The Labute approximate surface area is 70.6 Å². The predicted molar refractivity (Wildman–Crippen MR) is 45.7 cm³/mol. The highest BCUT2D eigenvalue weighted by atomic mass is 19.3. The first-order chi connectivity index (χ1) is 5.70. The van der Waals surface area contributed by atoms with Gasteiger partial charge in [-0.05, 0) is 12.1 Å². The summed E-state index contributed by atoms with van der Waals surface area (Å²) >= 11 is 0. The van der Waals surface area contributed by atoms with Gasteiger partial charge in [-0.1, -0.05) is 18.2 Å². The van der Waals surface area contributed by atoms with Crippen LogP contribution in [-0.2, 0) is 0 Å². The molecule has 0 aliphatic carbocycles. The smallest absolute Gasteiger partial charge is 0.255 e. The molecule has 12 heavy (non-hydrogen) atoms. The number of para-hydroxylation sites is 1. The number of rotatable bonds is 3. The minimum atomic E-state index is -2.28. The van der Waals surface area contributed by atoms with Crippen molar-refractivity contribution in [1.82, 2.24) is 0 Å². The molecule has 0 aromatic heterocycles. The van der Waals surface area contributed by atoms with E-state index >= 15 is 0 Å². The molecule has 1 nitrogen and oxygen atoms in total. The van der Waals surface area contributed by atoms with E-state index in [4.69, 9.17) is 0 Å². The summed E-state index contributed by atoms with van der Waals surface area (Å²) in [5.74, 6) is 0. The van der Waals surface area contributed by atoms with E-state index in [1.807, 2.05) is 30.3 Å². The Hall–Kier alpha value is -1.12. The molecule has 1 aromatic rings. The van der Waals surface area contributed by atoms with Gasteiger partial charge in [-0.2, -0.15) is 0 Å². The van der Waals surface area contributed by atoms with Crippen molar-refractivity contribution in [3.8, 4) is 0 Å². The zero-order valence-electron chi connectivity index (χ0n) is 6.87. The van der Waals surface area contributed by atoms with Gasteiger partial charge in [0.25, 0.3) is 6.43 Å². The molecule has 1 aromatic carbocycles. The molecule has 0 amide bonds. The van der Waals surface area contributed by atoms with E-state index in [2.05, 4.69) is 0 Å². The molecular weight excluding hydrogens is 160 g/mol. The summed E-state index contributed by atoms with van der Waals surface area (Å²) in [6, 6.07) is 9.14. The van der Waals surface area contributed by atoms with Gasteiger partial charge in [0.1, 0.15) is 0 Å². The van der Waals surface area contributed by atoms with Crippen LogP contribution in [0.15, 0.2) is 30.3 Å². The topological polar surface area (TPSA) is 3.24 Å². The van der Waals surface area contributed by atoms with E-state index in [-0.39, 0.29) is 6.54 Å². The third-order valence-electron chi connectivity index (χ3n) is 1.61. The van der Waals surface area contributed by atoms with Crippen molar-refractivity contribution < 1.29 is 8.78 Å². The van der Waals surface area contributed by atoms with Crippen molar-refractivity contribution in [2.24, 2.45) is 0 Å². The third-order valence-corrected chi connectivity index (χ3v) is 1.61. The van der Waals surface area contributed by atoms with Gasteiger partial charge in [0.05, 0.1) is 6.54 Å². The van der Waals surface area contributed by atoms with E-state index in [9.17, 15) is 8.78 Å². The summed E-state index contributed by atoms with van der Waals surface area (Å²) in [5.41, 5.74) is 0.817. The summed E-state index contributed by atoms with van der Waals surface area (Å²) in [4.78, 5) is 1.53. The number of hydrogen-bond donors (Lipinski definition) is 0. The molecule has 1 rings (SSSR count). The summed E-state index contributed by atoms with van der Waals surface area (Å²) in [6.07, 6.45) is -2.28. The molecule has 0 radical (unpaired) electrons. The van der Waals surface area contributed by atoms with Gasteiger partial charge >= 0.3 is 0 Å². The van der Waals surface area contributed by atoms with Crippen molar-refractivity contribution in [3.63, 3.8) is 0 Å². The number of halogens is 2. The summed E-state index contributed by atoms with van der Waals surface area (Å²) in [7, 11) is 1.65. The van der Waals surface area contributed by atoms with Crippen LogP contribution in [0.5, 0.6) is 0 Å². The molecule has 0 atom stereocenters. The maximum absolute atomic E-state index is 11.9. The van der Waals surface area contributed by atoms with Crippen LogP contribution >= 0.6 is 0 Å². The number of hydrogen-bond acceptors (Lipinski definition) is 1. The Balaban J connectivity index is 2.59. The molecule has 0 saturated heterocycles. The fraction of sp³-hybridized carbons (Fsp3) is 0.333. The first-order valence-corrected chi connectivity index (χ1v) is 3.74. The van der Waals surface area contributed by atoms with Crippen molar-refractivity contribution in [3.05, 3.63) is 30.3 Å². The average molecular weight is 171 g/mol. The van der Waals surface area contributed by atoms with Crippen LogP contribution in [0.1, 0.15) is 0 Å². The zero-order chi connectivity index (χ0) is 8.97. The van der Waals surface area contributed by atoms with Gasteiger partial charge < -0.3 is 4.90 Å². The van der Waals surface area contributed by atoms with E-state index in [1.54, 1.807) is 7.05 Å². The molecule has 66 valence electrons. The van der Waals surface area contributed by atoms with Gasteiger partial charge in [0.2, 0.25) is 0 Å². The Bertz CT molecular complexity index is 223. The molecule has 0 bridgehead atoms. The molecule has 0 aliphatic heterocycles. The summed E-state index contributed by atoms with van der Waals surface area (Å²) < 4.78 is 23.9. The molecule has 3 heteroatoms. The molecule has 0 spiro atoms. The fourth-order valence-corrected chi connectivity index (χ4v) is 0.995. The van der Waals surface area contributed by atoms with Crippen LogP contribution in [0.4, 0.5) is 14.5 Å². The zero-order valence-corrected chi connectivity index (χ0v) is 6.87. The Kier molecular flexibility index (Phi) is 3.02. The molecular formula is C9H11F2N. The van der Waals surface area contributed by atoms with Crippen LogP contribution < -0.4 is 4.90 Å². The lowest BCUT2D eigenvalue weighted by Crippen LogP contribution is -2.23. The second-order valence-electron chi connectivity index (χ2n) is 2.61. The summed E-state index contributed by atoms with van der Waals surface area (Å²) in [6.45, 7) is -0.218. The minimum Gasteiger partial charge on any atom is -0.369 e. The predicted octanol–water partition coefficient (Wildman–Crippen LogP) is 2.39. The lowest BCUT2D eigenvalue weighted by atomic mass is 10.3. The van der Waals surface area contributed by atoms with Gasteiger partial charge in [-0.15, -0.1) is 0 Å². The Morgan fingerprint density at radius 2 is 1.83 bits per heavy atom. The largest absolute Gasteiger partial charge is 0.369 e. The van der Waals surface area contributed by atoms with Crippen LogP contribution in [0.2, 0.25) is 0 Å². The lowest BCUT2D eigenvalue weighted by molar-refractivity contribution is 0.156. The lowest BCUT2D eigenvalue weighted by Gasteiger charge is -2.17. The quantitative estimate of drug-likeness (QED) is 0.675. The molecule has 0 saturated carbocycles. The fourth-order valence-electron chi connectivity index (χ4n) is 0.995. The average Bonchev–Trinajstić information content (AvgIpc) is 2.05. The van der Waals surface area contributed by atoms with E-state index in [0.29, 0.717) is 0 Å². The van der Waals surface area contributed by atoms with Crippen LogP contribution in [-0.4, -0.2) is 20.0 Å². The Morgan fingerprint density at radius 1 is 1.25 bits per heavy atom. The van der Waals surface area contributed by atoms with Crippen molar-refractivity contribution in [2.75, 3.05) is 18.5 Å². The monoisotopic (exact) mass is 171 g/mol. The maximum atomic E-state index is 11.9. The Morgan fingerprint density at radius 3 is 2.33 bits per heavy atom. The second-order valence-corrected chi connectivity index (χ2v) is 2.61. The molecule has 0 N–H and O–H groups in total. The van der Waals surface area contributed by atoms with Crippen LogP contribution in [0, 0.1) is 0 Å². The molecule has 0 heterocycles. The highest BCUT2D eigenvalue weighted by Gasteiger charge is 2.06. The van der Waals surface area contributed by atoms with Crippen molar-refractivity contribution >= 4 is 5.69 Å². The van der Waals surface area contributed by atoms with Gasteiger partial charge in [-0.25, -0.2) is 8.78 Å².